The van der Waals surface area contributed by atoms with E-state index in [1.165, 1.54) is 86.5 Å². The number of aromatic nitrogens is 2. The maximum Gasteiger partial charge on any atom is 0.160 e. The minimum atomic E-state index is 0.698. The number of hydrogen-bond donors (Lipinski definition) is 0. The predicted molar refractivity (Wildman–Crippen MR) is 272 cm³/mol. The molecular formula is C62H38N2. The molecule has 2 heteroatoms. The Morgan fingerprint density at radius 3 is 1.50 bits per heavy atom. The highest BCUT2D eigenvalue weighted by atomic mass is 14.9. The van der Waals surface area contributed by atoms with Gasteiger partial charge in [-0.2, -0.15) is 0 Å². The van der Waals surface area contributed by atoms with E-state index in [1.807, 2.05) is 6.07 Å². The van der Waals surface area contributed by atoms with Crippen LogP contribution in [0, 0.1) is 0 Å². The summed E-state index contributed by atoms with van der Waals surface area (Å²) < 4.78 is 0. The summed E-state index contributed by atoms with van der Waals surface area (Å²) in [7, 11) is 0. The molecule has 296 valence electrons. The Hall–Kier alpha value is -8.46. The standard InChI is InChI=1S/C62H38N2/c1-2-17-40(18-3-1)62-63-58(38-59(64-62)56-37-57-50-28-9-8-26-48(50)49-27-10-12-30-52(49)61(57)53-31-13-11-29-51(53)56)44-22-14-20-41(34-44)42-21-15-23-45(35-42)60-47-25-7-5-19-43(47)36-55-46-24-6-4-16-39(46)32-33-54(55)60/h1-38H. The van der Waals surface area contributed by atoms with Gasteiger partial charge in [-0.15, -0.1) is 0 Å². The first-order valence-corrected chi connectivity index (χ1v) is 22.0. The predicted octanol–water partition coefficient (Wildman–Crippen LogP) is 16.9. The lowest BCUT2D eigenvalue weighted by Gasteiger charge is -2.17. The van der Waals surface area contributed by atoms with Gasteiger partial charge in [0.05, 0.1) is 11.4 Å². The number of rotatable bonds is 5. The Balaban J connectivity index is 1.00. The minimum absolute atomic E-state index is 0.698. The van der Waals surface area contributed by atoms with Crippen LogP contribution in [0.2, 0.25) is 0 Å². The van der Waals surface area contributed by atoms with Crippen molar-refractivity contribution in [1.29, 1.82) is 0 Å². The molecule has 0 amide bonds. The zero-order valence-corrected chi connectivity index (χ0v) is 34.8. The van der Waals surface area contributed by atoms with Crippen LogP contribution in [0.25, 0.3) is 132 Å². The molecule has 1 aromatic heterocycles. The third-order valence-corrected chi connectivity index (χ3v) is 13.2. The quantitative estimate of drug-likeness (QED) is 0.128. The third-order valence-electron chi connectivity index (χ3n) is 13.2. The van der Waals surface area contributed by atoms with Gasteiger partial charge in [0.15, 0.2) is 5.82 Å². The maximum absolute atomic E-state index is 5.38. The number of benzene rings is 12. The van der Waals surface area contributed by atoms with E-state index in [0.29, 0.717) is 5.82 Å². The number of hydrogen-bond acceptors (Lipinski definition) is 2. The lowest BCUT2D eigenvalue weighted by molar-refractivity contribution is 1.19. The molecule has 0 N–H and O–H groups in total. The van der Waals surface area contributed by atoms with Crippen LogP contribution in [0.4, 0.5) is 0 Å². The van der Waals surface area contributed by atoms with E-state index in [9.17, 15) is 0 Å². The smallest absolute Gasteiger partial charge is 0.160 e. The van der Waals surface area contributed by atoms with Crippen LogP contribution in [0.3, 0.4) is 0 Å². The molecule has 0 aliphatic heterocycles. The van der Waals surface area contributed by atoms with Gasteiger partial charge < -0.3 is 0 Å². The molecule has 0 fully saturated rings. The SMILES string of the molecule is c1ccc(-c2nc(-c3cccc(-c4cccc(-c5c6ccccc6cc6c5ccc5ccccc56)c4)c3)cc(-c3cc4c5ccccc5c5ccccc5c4c4ccccc34)n2)cc1. The highest BCUT2D eigenvalue weighted by Gasteiger charge is 2.19. The van der Waals surface area contributed by atoms with Gasteiger partial charge in [-0.25, -0.2) is 9.97 Å². The summed E-state index contributed by atoms with van der Waals surface area (Å²) in [6, 6.07) is 83.6. The van der Waals surface area contributed by atoms with Crippen molar-refractivity contribution in [3.05, 3.63) is 231 Å². The Morgan fingerprint density at radius 1 is 0.234 bits per heavy atom. The second kappa shape index (κ2) is 14.6. The van der Waals surface area contributed by atoms with Gasteiger partial charge in [-0.05, 0) is 128 Å². The van der Waals surface area contributed by atoms with Gasteiger partial charge >= 0.3 is 0 Å². The van der Waals surface area contributed by atoms with Crippen molar-refractivity contribution in [2.75, 3.05) is 0 Å². The lowest BCUT2D eigenvalue weighted by atomic mass is 9.88. The summed E-state index contributed by atoms with van der Waals surface area (Å²) in [5.41, 5.74) is 9.60. The second-order valence-corrected chi connectivity index (χ2v) is 16.8. The van der Waals surface area contributed by atoms with Crippen LogP contribution in [0.5, 0.6) is 0 Å². The first kappa shape index (κ1) is 36.2. The van der Waals surface area contributed by atoms with E-state index >= 15 is 0 Å². The van der Waals surface area contributed by atoms with Crippen molar-refractivity contribution in [3.63, 3.8) is 0 Å². The molecule has 0 unspecified atom stereocenters. The van der Waals surface area contributed by atoms with Crippen molar-refractivity contribution in [2.45, 2.75) is 0 Å². The molecule has 13 aromatic rings. The van der Waals surface area contributed by atoms with Crippen molar-refractivity contribution >= 4 is 75.4 Å². The molecule has 13 rings (SSSR count). The molecule has 0 aliphatic rings. The summed E-state index contributed by atoms with van der Waals surface area (Å²) in [6.45, 7) is 0. The molecular weight excluding hydrogens is 773 g/mol. The molecule has 2 nitrogen and oxygen atoms in total. The van der Waals surface area contributed by atoms with E-state index < -0.39 is 0 Å². The van der Waals surface area contributed by atoms with Crippen molar-refractivity contribution in [3.8, 4) is 56.2 Å². The van der Waals surface area contributed by atoms with Crippen LogP contribution in [-0.4, -0.2) is 9.97 Å². The first-order valence-electron chi connectivity index (χ1n) is 22.0. The van der Waals surface area contributed by atoms with Crippen molar-refractivity contribution in [1.82, 2.24) is 9.97 Å². The Bertz CT molecular complexity index is 4020. The van der Waals surface area contributed by atoms with Crippen molar-refractivity contribution < 1.29 is 0 Å². The largest absolute Gasteiger partial charge is 0.228 e. The van der Waals surface area contributed by atoms with Crippen molar-refractivity contribution in [2.24, 2.45) is 0 Å². The lowest BCUT2D eigenvalue weighted by Crippen LogP contribution is -1.97. The van der Waals surface area contributed by atoms with E-state index in [1.54, 1.807) is 0 Å². The summed E-state index contributed by atoms with van der Waals surface area (Å²) in [6.07, 6.45) is 0. The fourth-order valence-corrected chi connectivity index (χ4v) is 10.3. The van der Waals surface area contributed by atoms with Crippen LogP contribution in [-0.2, 0) is 0 Å². The average molecular weight is 811 g/mol. The summed E-state index contributed by atoms with van der Waals surface area (Å²) in [5.74, 6) is 0.698. The second-order valence-electron chi connectivity index (χ2n) is 16.8. The number of fused-ring (bicyclic) bond motifs is 12. The molecule has 0 aliphatic carbocycles. The van der Waals surface area contributed by atoms with Crippen LogP contribution in [0.1, 0.15) is 0 Å². The molecule has 0 radical (unpaired) electrons. The van der Waals surface area contributed by atoms with Crippen LogP contribution in [0.15, 0.2) is 231 Å². The fourth-order valence-electron chi connectivity index (χ4n) is 10.3. The van der Waals surface area contributed by atoms with Gasteiger partial charge in [0.25, 0.3) is 0 Å². The highest BCUT2D eigenvalue weighted by Crippen LogP contribution is 2.44. The van der Waals surface area contributed by atoms with Gasteiger partial charge in [0, 0.05) is 16.7 Å². The van der Waals surface area contributed by atoms with E-state index in [-0.39, 0.29) is 0 Å². The van der Waals surface area contributed by atoms with E-state index in [2.05, 4.69) is 224 Å². The van der Waals surface area contributed by atoms with Gasteiger partial charge in [-0.3, -0.25) is 0 Å². The van der Waals surface area contributed by atoms with E-state index in [4.69, 9.17) is 9.97 Å². The molecule has 1 heterocycles. The van der Waals surface area contributed by atoms with Crippen LogP contribution >= 0.6 is 0 Å². The minimum Gasteiger partial charge on any atom is -0.228 e. The topological polar surface area (TPSA) is 25.8 Å². The molecule has 12 aromatic carbocycles. The summed E-state index contributed by atoms with van der Waals surface area (Å²) >= 11 is 0. The van der Waals surface area contributed by atoms with Crippen LogP contribution < -0.4 is 0 Å². The van der Waals surface area contributed by atoms with E-state index in [0.717, 1.165) is 39.2 Å². The maximum atomic E-state index is 5.38. The average Bonchev–Trinajstić information content (AvgIpc) is 3.37. The first-order chi connectivity index (χ1) is 31.7. The van der Waals surface area contributed by atoms with Gasteiger partial charge in [0.1, 0.15) is 0 Å². The molecule has 0 saturated carbocycles. The fraction of sp³-hybridized carbons (Fsp3) is 0. The highest BCUT2D eigenvalue weighted by molar-refractivity contribution is 6.33. The molecule has 64 heavy (non-hydrogen) atoms. The Labute approximate surface area is 370 Å². The Morgan fingerprint density at radius 2 is 0.750 bits per heavy atom. The molecule has 0 saturated heterocycles. The zero-order chi connectivity index (χ0) is 42.1. The summed E-state index contributed by atoms with van der Waals surface area (Å²) in [4.78, 5) is 10.7. The zero-order valence-electron chi connectivity index (χ0n) is 34.8. The van der Waals surface area contributed by atoms with Gasteiger partial charge in [-0.1, -0.05) is 200 Å². The molecule has 0 spiro atoms. The monoisotopic (exact) mass is 810 g/mol. The van der Waals surface area contributed by atoms with Gasteiger partial charge in [0.2, 0.25) is 0 Å². The normalized spacial score (nSPS) is 11.8. The number of nitrogens with zero attached hydrogens (tertiary/aromatic N) is 2. The third kappa shape index (κ3) is 5.81. The molecule has 0 atom stereocenters. The molecule has 0 bridgehead atoms. The summed E-state index contributed by atoms with van der Waals surface area (Å²) in [5, 5.41) is 17.4. The Kier molecular flexibility index (Phi) is 8.25.